The van der Waals surface area contributed by atoms with Gasteiger partial charge in [0, 0.05) is 28.3 Å². The van der Waals surface area contributed by atoms with Crippen LogP contribution in [-0.4, -0.2) is 65.0 Å². The fraction of sp³-hybridized carbons (Fsp3) is 0.0870. The number of aliphatic carboxylic acids is 1. The van der Waals surface area contributed by atoms with Gasteiger partial charge in [-0.1, -0.05) is 24.3 Å². The standard InChI is InChI=1S/C14H8O5S.C9H11NO4.O3S/c15-13-9-3-1-2-4-10(9)14(16)12-7-8(20(17,18)19)5-6-11(12)13;1-5-2-8(12)6(3-7(5)11)10-4-9(13)14;1-4(2)3/h1-7H,(H,17,18,19);2-3,10-12H,4H2,1H3,(H,13,14);. The number of phenols is 2. The van der Waals surface area contributed by atoms with E-state index in [0.29, 0.717) is 11.1 Å². The number of rotatable bonds is 4. The number of phenolic OH excluding ortho intramolecular Hbond substituents is 2. The monoisotopic (exact) mass is 565 g/mol. The molecule has 3 aromatic carbocycles. The topological polar surface area (TPSA) is 230 Å². The fourth-order valence-corrected chi connectivity index (χ4v) is 3.74. The summed E-state index contributed by atoms with van der Waals surface area (Å²) in [7, 11) is -7.53. The summed E-state index contributed by atoms with van der Waals surface area (Å²) in [6, 6.07) is 12.4. The van der Waals surface area contributed by atoms with Gasteiger partial charge in [0.15, 0.2) is 11.6 Å². The second-order valence-electron chi connectivity index (χ2n) is 7.49. The molecule has 5 N–H and O–H groups in total. The molecule has 0 saturated carbocycles. The Labute approximate surface area is 216 Å². The van der Waals surface area contributed by atoms with Crippen LogP contribution in [0.4, 0.5) is 5.69 Å². The molecule has 0 radical (unpaired) electrons. The smallest absolute Gasteiger partial charge is 0.425 e. The van der Waals surface area contributed by atoms with Crippen LogP contribution in [0.1, 0.15) is 37.4 Å². The molecule has 0 heterocycles. The van der Waals surface area contributed by atoms with Crippen LogP contribution >= 0.6 is 0 Å². The molecule has 13 nitrogen and oxygen atoms in total. The highest BCUT2D eigenvalue weighted by atomic mass is 32.2. The van der Waals surface area contributed by atoms with Crippen LogP contribution in [0.3, 0.4) is 0 Å². The molecule has 0 atom stereocenters. The lowest BCUT2D eigenvalue weighted by atomic mass is 9.84. The van der Waals surface area contributed by atoms with Gasteiger partial charge in [-0.2, -0.15) is 8.42 Å². The zero-order valence-electron chi connectivity index (χ0n) is 19.3. The van der Waals surface area contributed by atoms with E-state index in [1.165, 1.54) is 24.3 Å². The Balaban J connectivity index is 0.000000246. The summed E-state index contributed by atoms with van der Waals surface area (Å²) in [5.41, 5.74) is 1.39. The lowest BCUT2D eigenvalue weighted by Crippen LogP contribution is -2.21. The van der Waals surface area contributed by atoms with Crippen molar-refractivity contribution < 1.29 is 55.3 Å². The van der Waals surface area contributed by atoms with Crippen molar-refractivity contribution in [2.75, 3.05) is 11.9 Å². The number of anilines is 1. The predicted molar refractivity (Wildman–Crippen MR) is 130 cm³/mol. The maximum Gasteiger partial charge on any atom is 0.425 e. The molecule has 0 aliphatic heterocycles. The van der Waals surface area contributed by atoms with E-state index in [1.54, 1.807) is 25.1 Å². The minimum absolute atomic E-state index is 0.00990. The van der Waals surface area contributed by atoms with Crippen molar-refractivity contribution in [3.05, 3.63) is 82.4 Å². The highest BCUT2D eigenvalue weighted by molar-refractivity contribution is 7.85. The minimum Gasteiger partial charge on any atom is -0.508 e. The van der Waals surface area contributed by atoms with Crippen molar-refractivity contribution in [2.45, 2.75) is 11.8 Å². The zero-order chi connectivity index (χ0) is 28.8. The maximum atomic E-state index is 12.3. The average molecular weight is 566 g/mol. The van der Waals surface area contributed by atoms with E-state index in [2.05, 4.69) is 5.32 Å². The largest absolute Gasteiger partial charge is 0.508 e. The van der Waals surface area contributed by atoms with Crippen LogP contribution in [0, 0.1) is 6.92 Å². The average Bonchev–Trinajstić information content (AvgIpc) is 2.83. The van der Waals surface area contributed by atoms with Crippen LogP contribution < -0.4 is 5.32 Å². The highest BCUT2D eigenvalue weighted by Crippen LogP contribution is 2.31. The molecular weight excluding hydrogens is 546 g/mol. The van der Waals surface area contributed by atoms with E-state index in [0.717, 1.165) is 12.1 Å². The van der Waals surface area contributed by atoms with Crippen molar-refractivity contribution >= 4 is 44.0 Å². The number of hydrogen-bond acceptors (Lipinski definition) is 11. The highest BCUT2D eigenvalue weighted by Gasteiger charge is 2.30. The van der Waals surface area contributed by atoms with Crippen LogP contribution in [0.25, 0.3) is 0 Å². The first-order chi connectivity index (χ1) is 17.6. The van der Waals surface area contributed by atoms with E-state index in [4.69, 9.17) is 22.3 Å². The van der Waals surface area contributed by atoms with Crippen LogP contribution in [0.15, 0.2) is 59.5 Å². The van der Waals surface area contributed by atoms with Crippen molar-refractivity contribution in [2.24, 2.45) is 0 Å². The van der Waals surface area contributed by atoms with Crippen molar-refractivity contribution in [3.63, 3.8) is 0 Å². The summed E-state index contributed by atoms with van der Waals surface area (Å²) in [5.74, 6) is -1.88. The third-order valence-electron chi connectivity index (χ3n) is 4.94. The predicted octanol–water partition coefficient (Wildman–Crippen LogP) is 1.61. The lowest BCUT2D eigenvalue weighted by Gasteiger charge is -2.17. The zero-order valence-corrected chi connectivity index (χ0v) is 20.9. The summed E-state index contributed by atoms with van der Waals surface area (Å²) in [6.07, 6.45) is 0. The molecule has 0 amide bonds. The van der Waals surface area contributed by atoms with Gasteiger partial charge in [0.1, 0.15) is 18.0 Å². The number of carbonyl (C=O) groups excluding carboxylic acids is 2. The van der Waals surface area contributed by atoms with Crippen molar-refractivity contribution in [1.29, 1.82) is 0 Å². The molecule has 0 saturated heterocycles. The summed E-state index contributed by atoms with van der Waals surface area (Å²) in [4.78, 5) is 34.4. The van der Waals surface area contributed by atoms with E-state index in [1.807, 2.05) is 0 Å². The number of aryl methyl sites for hydroxylation is 1. The van der Waals surface area contributed by atoms with Gasteiger partial charge in [-0.05, 0) is 36.8 Å². The van der Waals surface area contributed by atoms with E-state index < -0.39 is 37.4 Å². The molecule has 0 fully saturated rings. The molecule has 200 valence electrons. The van der Waals surface area contributed by atoms with Crippen LogP contribution in [0.5, 0.6) is 11.5 Å². The number of ketones is 2. The van der Waals surface area contributed by atoms with E-state index in [-0.39, 0.29) is 46.2 Å². The van der Waals surface area contributed by atoms with E-state index in [9.17, 15) is 33.0 Å². The van der Waals surface area contributed by atoms with Crippen LogP contribution in [-0.2, 0) is 25.5 Å². The first kappa shape index (κ1) is 29.6. The second kappa shape index (κ2) is 12.1. The Bertz CT molecular complexity index is 1640. The number of benzene rings is 3. The van der Waals surface area contributed by atoms with Gasteiger partial charge in [0.25, 0.3) is 10.1 Å². The first-order valence-corrected chi connectivity index (χ1v) is 12.6. The van der Waals surface area contributed by atoms with Gasteiger partial charge < -0.3 is 20.6 Å². The van der Waals surface area contributed by atoms with Gasteiger partial charge >= 0.3 is 16.6 Å². The molecule has 0 spiro atoms. The molecule has 3 aromatic rings. The summed E-state index contributed by atoms with van der Waals surface area (Å²) in [5, 5.41) is 29.5. The Morgan fingerprint density at radius 3 is 1.84 bits per heavy atom. The molecule has 15 heteroatoms. The summed E-state index contributed by atoms with van der Waals surface area (Å²) in [6.45, 7) is 1.33. The number of aromatic hydroxyl groups is 2. The van der Waals surface area contributed by atoms with Gasteiger partial charge in [-0.3, -0.25) is 18.9 Å². The van der Waals surface area contributed by atoms with Crippen molar-refractivity contribution in [3.8, 4) is 11.5 Å². The Kier molecular flexibility index (Phi) is 9.43. The van der Waals surface area contributed by atoms with Crippen LogP contribution in [0.2, 0.25) is 0 Å². The minimum atomic E-state index is -4.42. The molecule has 1 aliphatic rings. The third-order valence-corrected chi connectivity index (χ3v) is 5.79. The van der Waals surface area contributed by atoms with E-state index >= 15 is 0 Å². The second-order valence-corrected chi connectivity index (χ2v) is 9.32. The molecule has 1 aliphatic carbocycles. The summed E-state index contributed by atoms with van der Waals surface area (Å²) >= 11 is 0. The number of nitrogens with one attached hydrogen (secondary N) is 1. The first-order valence-electron chi connectivity index (χ1n) is 10.2. The summed E-state index contributed by atoms with van der Waals surface area (Å²) < 4.78 is 56.6. The molecule has 4 rings (SSSR count). The number of hydrogen-bond donors (Lipinski definition) is 5. The lowest BCUT2D eigenvalue weighted by molar-refractivity contribution is -0.134. The van der Waals surface area contributed by atoms with Gasteiger partial charge in [-0.25, -0.2) is 0 Å². The molecule has 0 bridgehead atoms. The Morgan fingerprint density at radius 2 is 1.34 bits per heavy atom. The van der Waals surface area contributed by atoms with Crippen molar-refractivity contribution in [1.82, 2.24) is 0 Å². The SMILES string of the molecule is Cc1cc(O)c(NCC(=O)O)cc1O.O=C1c2ccccc2C(=O)c2cc(S(=O)(=O)O)ccc21.O=S(=O)=O. The number of fused-ring (bicyclic) bond motifs is 2. The van der Waals surface area contributed by atoms with Gasteiger partial charge in [0.05, 0.1) is 10.6 Å². The Hall–Kier alpha value is -4.60. The molecule has 38 heavy (non-hydrogen) atoms. The normalized spacial score (nSPS) is 11.5. The quantitative estimate of drug-likeness (QED) is 0.135. The number of carboxylic acid groups (broad SMARTS) is 1. The fourth-order valence-electron chi connectivity index (χ4n) is 3.23. The number of carboxylic acids is 1. The molecule has 0 unspecified atom stereocenters. The van der Waals surface area contributed by atoms with Gasteiger partial charge in [0.2, 0.25) is 0 Å². The molecule has 0 aromatic heterocycles. The molecular formula is C23H19NO12S2. The third kappa shape index (κ3) is 7.45. The Morgan fingerprint density at radius 1 is 0.842 bits per heavy atom. The number of carbonyl (C=O) groups is 3. The van der Waals surface area contributed by atoms with Gasteiger partial charge in [-0.15, -0.1) is 12.6 Å². The maximum absolute atomic E-state index is 12.3.